The summed E-state index contributed by atoms with van der Waals surface area (Å²) in [6.45, 7) is 3.16. The van der Waals surface area contributed by atoms with Gasteiger partial charge >= 0.3 is 0 Å². The summed E-state index contributed by atoms with van der Waals surface area (Å²) in [6.07, 6.45) is 1.87. The molecule has 0 radical (unpaired) electrons. The van der Waals surface area contributed by atoms with E-state index in [-0.39, 0.29) is 18.6 Å². The minimum atomic E-state index is -0.552. The molecule has 18 heavy (non-hydrogen) atoms. The fraction of sp³-hybridized carbons (Fsp3) is 0.615. The Balaban J connectivity index is 2.17. The number of methoxy groups -OCH3 is 1. The first-order valence-electron chi connectivity index (χ1n) is 6.30. The highest BCUT2D eigenvalue weighted by molar-refractivity contribution is 7.10. The van der Waals surface area contributed by atoms with Crippen LogP contribution in [0.5, 0.6) is 0 Å². The van der Waals surface area contributed by atoms with Crippen LogP contribution in [0.4, 0.5) is 0 Å². The number of amides is 1. The Kier molecular flexibility index (Phi) is 4.37. The van der Waals surface area contributed by atoms with E-state index in [1.54, 1.807) is 18.4 Å². The topological polar surface area (TPSA) is 55.6 Å². The van der Waals surface area contributed by atoms with Crippen molar-refractivity contribution in [3.05, 3.63) is 21.9 Å². The first-order valence-corrected chi connectivity index (χ1v) is 7.18. The first-order chi connectivity index (χ1) is 8.69. The van der Waals surface area contributed by atoms with Crippen LogP contribution >= 0.6 is 11.3 Å². The van der Waals surface area contributed by atoms with Crippen molar-refractivity contribution in [3.8, 4) is 0 Å². The fourth-order valence-corrected chi connectivity index (χ4v) is 3.49. The maximum absolute atomic E-state index is 12.3. The average molecular weight is 268 g/mol. The van der Waals surface area contributed by atoms with Crippen molar-refractivity contribution in [2.75, 3.05) is 20.3 Å². The molecule has 2 heterocycles. The highest BCUT2D eigenvalue weighted by Crippen LogP contribution is 2.35. The van der Waals surface area contributed by atoms with E-state index in [0.717, 1.165) is 19.4 Å². The number of rotatable bonds is 4. The maximum Gasteiger partial charge on any atom is 0.242 e. The summed E-state index contributed by atoms with van der Waals surface area (Å²) in [5.74, 6) is 0.000509. The first kappa shape index (κ1) is 13.5. The molecule has 2 N–H and O–H groups in total. The van der Waals surface area contributed by atoms with E-state index in [9.17, 15) is 4.79 Å². The van der Waals surface area contributed by atoms with E-state index in [1.807, 2.05) is 4.90 Å². The number of hydrogen-bond acceptors (Lipinski definition) is 4. The summed E-state index contributed by atoms with van der Waals surface area (Å²) in [5.41, 5.74) is 7.16. The van der Waals surface area contributed by atoms with Gasteiger partial charge in [-0.3, -0.25) is 4.79 Å². The highest BCUT2D eigenvalue weighted by Gasteiger charge is 2.32. The van der Waals surface area contributed by atoms with Crippen LogP contribution in [0.2, 0.25) is 0 Å². The van der Waals surface area contributed by atoms with Crippen molar-refractivity contribution in [2.45, 2.75) is 31.8 Å². The zero-order valence-electron chi connectivity index (χ0n) is 10.9. The molecule has 100 valence electrons. The van der Waals surface area contributed by atoms with E-state index in [1.165, 1.54) is 10.4 Å². The molecule has 0 bridgehead atoms. The van der Waals surface area contributed by atoms with E-state index in [4.69, 9.17) is 10.5 Å². The molecular formula is C13H20N2O2S. The number of fused-ring (bicyclic) bond motifs is 1. The van der Waals surface area contributed by atoms with Gasteiger partial charge in [0.05, 0.1) is 12.6 Å². The Labute approximate surface area is 112 Å². The molecule has 1 aliphatic heterocycles. The number of nitrogens with two attached hydrogens (primary N) is 1. The zero-order valence-corrected chi connectivity index (χ0v) is 11.7. The smallest absolute Gasteiger partial charge is 0.242 e. The van der Waals surface area contributed by atoms with Crippen molar-refractivity contribution in [1.82, 2.24) is 4.90 Å². The van der Waals surface area contributed by atoms with Crippen LogP contribution in [0.25, 0.3) is 0 Å². The van der Waals surface area contributed by atoms with Gasteiger partial charge in [-0.25, -0.2) is 0 Å². The number of nitrogens with zero attached hydrogens (tertiary/aromatic N) is 1. The zero-order chi connectivity index (χ0) is 13.1. The van der Waals surface area contributed by atoms with Crippen LogP contribution in [0.3, 0.4) is 0 Å². The second kappa shape index (κ2) is 5.82. The second-order valence-corrected chi connectivity index (χ2v) is 5.57. The largest absolute Gasteiger partial charge is 0.383 e. The predicted octanol–water partition coefficient (Wildman–Crippen LogP) is 1.56. The normalized spacial score (nSPS) is 20.6. The van der Waals surface area contributed by atoms with E-state index >= 15 is 0 Å². The third-order valence-electron chi connectivity index (χ3n) is 3.43. The molecule has 0 aliphatic carbocycles. The van der Waals surface area contributed by atoms with Gasteiger partial charge in [0.1, 0.15) is 6.04 Å². The third kappa shape index (κ3) is 2.43. The molecule has 1 aromatic rings. The van der Waals surface area contributed by atoms with Crippen LogP contribution in [-0.2, 0) is 16.0 Å². The molecule has 0 spiro atoms. The molecule has 2 unspecified atom stereocenters. The summed E-state index contributed by atoms with van der Waals surface area (Å²) in [4.78, 5) is 15.6. The second-order valence-electron chi connectivity index (χ2n) is 4.57. The Bertz CT molecular complexity index is 419. The lowest BCUT2D eigenvalue weighted by Crippen LogP contribution is -2.49. The molecule has 0 saturated heterocycles. The monoisotopic (exact) mass is 268 g/mol. The number of thiophene rings is 1. The maximum atomic E-state index is 12.3. The van der Waals surface area contributed by atoms with Crippen LogP contribution in [0.15, 0.2) is 11.4 Å². The summed E-state index contributed by atoms with van der Waals surface area (Å²) in [5, 5.41) is 2.11. The Hall–Kier alpha value is -0.910. The summed E-state index contributed by atoms with van der Waals surface area (Å²) >= 11 is 1.78. The van der Waals surface area contributed by atoms with E-state index < -0.39 is 6.04 Å². The molecule has 2 rings (SSSR count). The number of carbonyl (C=O) groups excluding carboxylic acids is 1. The van der Waals surface area contributed by atoms with Gasteiger partial charge in [-0.05, 0) is 29.9 Å². The van der Waals surface area contributed by atoms with Gasteiger partial charge in [0.2, 0.25) is 5.91 Å². The van der Waals surface area contributed by atoms with Crippen molar-refractivity contribution in [1.29, 1.82) is 0 Å². The Morgan fingerprint density at radius 2 is 2.50 bits per heavy atom. The molecule has 1 amide bonds. The van der Waals surface area contributed by atoms with Crippen LogP contribution in [0.1, 0.15) is 29.8 Å². The average Bonchev–Trinajstić information content (AvgIpc) is 2.85. The molecule has 5 heteroatoms. The van der Waals surface area contributed by atoms with Gasteiger partial charge in [0, 0.05) is 18.5 Å². The number of ether oxygens (including phenoxy) is 1. The SMILES string of the molecule is CCC1c2ccsc2CCN1C(=O)C(N)COC. The number of hydrogen-bond donors (Lipinski definition) is 1. The molecule has 2 atom stereocenters. The summed E-state index contributed by atoms with van der Waals surface area (Å²) in [6, 6.07) is 1.76. The quantitative estimate of drug-likeness (QED) is 0.901. The van der Waals surface area contributed by atoms with Gasteiger partial charge in [0.25, 0.3) is 0 Å². The molecule has 4 nitrogen and oxygen atoms in total. The van der Waals surface area contributed by atoms with Crippen LogP contribution in [-0.4, -0.2) is 37.1 Å². The lowest BCUT2D eigenvalue weighted by Gasteiger charge is -2.36. The Morgan fingerprint density at radius 1 is 1.72 bits per heavy atom. The van der Waals surface area contributed by atoms with E-state index in [0.29, 0.717) is 0 Å². The molecule has 1 aromatic heterocycles. The van der Waals surface area contributed by atoms with Gasteiger partial charge in [0.15, 0.2) is 0 Å². The van der Waals surface area contributed by atoms with E-state index in [2.05, 4.69) is 18.4 Å². The molecule has 0 fully saturated rings. The standard InChI is InChI=1S/C13H20N2O2S/c1-3-11-9-5-7-18-12(9)4-6-15(11)13(16)10(14)8-17-2/h5,7,10-11H,3-4,6,8,14H2,1-2H3. The summed E-state index contributed by atoms with van der Waals surface area (Å²) in [7, 11) is 1.57. The third-order valence-corrected chi connectivity index (χ3v) is 4.42. The van der Waals surface area contributed by atoms with Gasteiger partial charge < -0.3 is 15.4 Å². The van der Waals surface area contributed by atoms with Crippen molar-refractivity contribution in [3.63, 3.8) is 0 Å². The van der Waals surface area contributed by atoms with Gasteiger partial charge in [-0.15, -0.1) is 11.3 Å². The lowest BCUT2D eigenvalue weighted by molar-refractivity contribution is -0.136. The van der Waals surface area contributed by atoms with Crippen LogP contribution in [0, 0.1) is 0 Å². The molecule has 1 aliphatic rings. The highest BCUT2D eigenvalue weighted by atomic mass is 32.1. The number of carbonyl (C=O) groups is 1. The minimum Gasteiger partial charge on any atom is -0.383 e. The van der Waals surface area contributed by atoms with Crippen molar-refractivity contribution >= 4 is 17.2 Å². The van der Waals surface area contributed by atoms with Crippen molar-refractivity contribution in [2.24, 2.45) is 5.73 Å². The molecular weight excluding hydrogens is 248 g/mol. The molecule has 0 saturated carbocycles. The molecule has 0 aromatic carbocycles. The van der Waals surface area contributed by atoms with Crippen molar-refractivity contribution < 1.29 is 9.53 Å². The summed E-state index contributed by atoms with van der Waals surface area (Å²) < 4.78 is 4.97. The minimum absolute atomic E-state index is 0.000509. The van der Waals surface area contributed by atoms with Crippen LogP contribution < -0.4 is 5.73 Å². The lowest BCUT2D eigenvalue weighted by atomic mass is 9.97. The Morgan fingerprint density at radius 3 is 3.17 bits per heavy atom. The van der Waals surface area contributed by atoms with Gasteiger partial charge in [-0.2, -0.15) is 0 Å². The van der Waals surface area contributed by atoms with Gasteiger partial charge in [-0.1, -0.05) is 6.92 Å². The fourth-order valence-electron chi connectivity index (χ4n) is 2.56. The predicted molar refractivity (Wildman–Crippen MR) is 72.6 cm³/mol.